The minimum absolute atomic E-state index is 0.177. The van der Waals surface area contributed by atoms with Crippen LogP contribution in [0.1, 0.15) is 42.5 Å². The molecule has 0 atom stereocenters. The average Bonchev–Trinajstić information content (AvgIpc) is 3.24. The number of anilines is 3. The smallest absolute Gasteiger partial charge is 0.258 e. The summed E-state index contributed by atoms with van der Waals surface area (Å²) < 4.78 is 0. The van der Waals surface area contributed by atoms with Crippen molar-refractivity contribution in [2.45, 2.75) is 32.1 Å². The van der Waals surface area contributed by atoms with Crippen LogP contribution in [0.2, 0.25) is 0 Å². The van der Waals surface area contributed by atoms with Crippen LogP contribution in [-0.2, 0) is 0 Å². The van der Waals surface area contributed by atoms with Crippen LogP contribution < -0.4 is 15.1 Å². The second kappa shape index (κ2) is 7.72. The molecule has 2 aromatic rings. The van der Waals surface area contributed by atoms with E-state index in [-0.39, 0.29) is 5.91 Å². The predicted octanol–water partition coefficient (Wildman–Crippen LogP) is 3.32. The number of carbonyl (C=O) groups is 1. The summed E-state index contributed by atoms with van der Waals surface area (Å²) in [6.07, 6.45) is 9.37. The van der Waals surface area contributed by atoms with Crippen molar-refractivity contribution in [3.63, 3.8) is 0 Å². The van der Waals surface area contributed by atoms with E-state index in [1.165, 1.54) is 37.8 Å². The summed E-state index contributed by atoms with van der Waals surface area (Å²) in [4.78, 5) is 25.7. The number of hydrogen-bond donors (Lipinski definition) is 1. The Morgan fingerprint density at radius 3 is 2.04 bits per heavy atom. The van der Waals surface area contributed by atoms with Gasteiger partial charge < -0.3 is 15.1 Å². The molecule has 1 amide bonds. The normalized spacial score (nSPS) is 17.4. The predicted molar refractivity (Wildman–Crippen MR) is 104 cm³/mol. The minimum Gasteiger partial charge on any atom is -0.372 e. The summed E-state index contributed by atoms with van der Waals surface area (Å²) in [6.45, 7) is 4.22. The van der Waals surface area contributed by atoms with E-state index in [0.717, 1.165) is 37.8 Å². The van der Waals surface area contributed by atoms with Crippen LogP contribution in [0.5, 0.6) is 0 Å². The summed E-state index contributed by atoms with van der Waals surface area (Å²) >= 11 is 0. The maximum atomic E-state index is 12.4. The first-order valence-corrected chi connectivity index (χ1v) is 9.53. The molecule has 1 aromatic heterocycles. The Morgan fingerprint density at radius 2 is 1.38 bits per heavy atom. The number of nitrogens with zero attached hydrogens (tertiary/aromatic N) is 4. The van der Waals surface area contributed by atoms with E-state index in [2.05, 4.69) is 37.2 Å². The summed E-state index contributed by atoms with van der Waals surface area (Å²) in [6, 6.07) is 8.04. The van der Waals surface area contributed by atoms with Crippen molar-refractivity contribution in [2.24, 2.45) is 0 Å². The maximum Gasteiger partial charge on any atom is 0.258 e. The number of nitrogens with one attached hydrogen (secondary N) is 1. The zero-order valence-corrected chi connectivity index (χ0v) is 15.0. The van der Waals surface area contributed by atoms with Gasteiger partial charge in [-0.25, -0.2) is 9.97 Å². The molecule has 0 aliphatic carbocycles. The molecule has 136 valence electrons. The fourth-order valence-corrected chi connectivity index (χ4v) is 3.63. The fourth-order valence-electron chi connectivity index (χ4n) is 3.63. The number of amides is 1. The largest absolute Gasteiger partial charge is 0.372 e. The maximum absolute atomic E-state index is 12.4. The number of aromatic nitrogens is 2. The molecule has 1 aromatic carbocycles. The third kappa shape index (κ3) is 3.79. The van der Waals surface area contributed by atoms with Gasteiger partial charge in [0.05, 0.1) is 5.56 Å². The molecule has 26 heavy (non-hydrogen) atoms. The second-order valence-corrected chi connectivity index (χ2v) is 7.01. The average molecular weight is 351 g/mol. The summed E-state index contributed by atoms with van der Waals surface area (Å²) in [5.74, 6) is 0.542. The van der Waals surface area contributed by atoms with Crippen molar-refractivity contribution >= 4 is 23.2 Å². The summed E-state index contributed by atoms with van der Waals surface area (Å²) in [5.41, 5.74) is 2.49. The van der Waals surface area contributed by atoms with Crippen LogP contribution in [-0.4, -0.2) is 42.1 Å². The topological polar surface area (TPSA) is 61.4 Å². The van der Waals surface area contributed by atoms with Crippen LogP contribution >= 0.6 is 0 Å². The van der Waals surface area contributed by atoms with Gasteiger partial charge in [-0.1, -0.05) is 0 Å². The lowest BCUT2D eigenvalue weighted by Crippen LogP contribution is -2.31. The Morgan fingerprint density at radius 1 is 0.808 bits per heavy atom. The Labute approximate surface area is 154 Å². The van der Waals surface area contributed by atoms with Crippen molar-refractivity contribution in [2.75, 3.05) is 41.3 Å². The van der Waals surface area contributed by atoms with Gasteiger partial charge in [-0.15, -0.1) is 0 Å². The molecule has 0 saturated carbocycles. The molecule has 0 bridgehead atoms. The van der Waals surface area contributed by atoms with Crippen LogP contribution in [0, 0.1) is 0 Å². The molecular formula is C20H25N5O. The van der Waals surface area contributed by atoms with Gasteiger partial charge in [0.25, 0.3) is 5.91 Å². The van der Waals surface area contributed by atoms with Gasteiger partial charge in [0, 0.05) is 49.9 Å². The molecule has 2 aliphatic heterocycles. The first kappa shape index (κ1) is 16.8. The molecular weight excluding hydrogens is 326 g/mol. The molecule has 6 nitrogen and oxygen atoms in total. The van der Waals surface area contributed by atoms with Crippen molar-refractivity contribution in [3.8, 4) is 0 Å². The molecule has 1 N–H and O–H groups in total. The van der Waals surface area contributed by atoms with Gasteiger partial charge in [0.2, 0.25) is 5.95 Å². The van der Waals surface area contributed by atoms with E-state index in [4.69, 9.17) is 0 Å². The highest BCUT2D eigenvalue weighted by Gasteiger charge is 2.15. The number of benzene rings is 1. The van der Waals surface area contributed by atoms with Gasteiger partial charge in [-0.3, -0.25) is 4.79 Å². The first-order chi connectivity index (χ1) is 12.8. The molecule has 3 heterocycles. The van der Waals surface area contributed by atoms with Crippen LogP contribution in [0.15, 0.2) is 36.7 Å². The minimum atomic E-state index is -0.177. The summed E-state index contributed by atoms with van der Waals surface area (Å²) in [5, 5.41) is 2.92. The number of piperidine rings is 1. The molecule has 2 aliphatic rings. The molecule has 0 radical (unpaired) electrons. The zero-order chi connectivity index (χ0) is 17.8. The molecule has 4 rings (SSSR count). The van der Waals surface area contributed by atoms with Gasteiger partial charge in [-0.2, -0.15) is 0 Å². The van der Waals surface area contributed by atoms with Crippen molar-refractivity contribution < 1.29 is 4.79 Å². The van der Waals surface area contributed by atoms with E-state index in [0.29, 0.717) is 5.56 Å². The van der Waals surface area contributed by atoms with Crippen LogP contribution in [0.3, 0.4) is 0 Å². The number of rotatable bonds is 4. The van der Waals surface area contributed by atoms with Gasteiger partial charge in [-0.05, 0) is 56.4 Å². The van der Waals surface area contributed by atoms with Crippen molar-refractivity contribution in [1.82, 2.24) is 9.97 Å². The van der Waals surface area contributed by atoms with Gasteiger partial charge in [0.15, 0.2) is 0 Å². The Balaban J connectivity index is 1.38. The van der Waals surface area contributed by atoms with Crippen LogP contribution in [0.4, 0.5) is 17.3 Å². The lowest BCUT2D eigenvalue weighted by atomic mass is 10.1. The van der Waals surface area contributed by atoms with Gasteiger partial charge >= 0.3 is 0 Å². The number of carbonyl (C=O) groups excluding carboxylic acids is 1. The van der Waals surface area contributed by atoms with E-state index in [9.17, 15) is 4.79 Å². The monoisotopic (exact) mass is 351 g/mol. The lowest BCUT2D eigenvalue weighted by Gasteiger charge is -2.26. The van der Waals surface area contributed by atoms with E-state index in [1.54, 1.807) is 12.4 Å². The van der Waals surface area contributed by atoms with E-state index >= 15 is 0 Å². The molecule has 2 fully saturated rings. The molecule has 0 spiro atoms. The first-order valence-electron chi connectivity index (χ1n) is 9.53. The highest BCUT2D eigenvalue weighted by atomic mass is 16.1. The van der Waals surface area contributed by atoms with E-state index < -0.39 is 0 Å². The third-order valence-electron chi connectivity index (χ3n) is 5.14. The SMILES string of the molecule is O=C(Nc1ccc(N2CCCC2)cc1)c1cnc(N2CCCCC2)nc1. The molecule has 0 unspecified atom stereocenters. The molecule has 6 heteroatoms. The van der Waals surface area contributed by atoms with E-state index in [1.807, 2.05) is 12.1 Å². The standard InChI is InChI=1S/C20H25N5O/c26-19(16-14-21-20(22-15-16)25-12-2-1-3-13-25)23-17-6-8-18(9-7-17)24-10-4-5-11-24/h6-9,14-15H,1-5,10-13H2,(H,23,26). The Kier molecular flexibility index (Phi) is 5.00. The highest BCUT2D eigenvalue weighted by Crippen LogP contribution is 2.22. The van der Waals surface area contributed by atoms with Crippen molar-refractivity contribution in [1.29, 1.82) is 0 Å². The lowest BCUT2D eigenvalue weighted by molar-refractivity contribution is 0.102. The Bertz CT molecular complexity index is 732. The number of hydrogen-bond acceptors (Lipinski definition) is 5. The van der Waals surface area contributed by atoms with Crippen molar-refractivity contribution in [3.05, 3.63) is 42.2 Å². The quantitative estimate of drug-likeness (QED) is 0.916. The second-order valence-electron chi connectivity index (χ2n) is 7.01. The Hall–Kier alpha value is -2.63. The molecule has 2 saturated heterocycles. The highest BCUT2D eigenvalue weighted by molar-refractivity contribution is 6.03. The zero-order valence-electron chi connectivity index (χ0n) is 15.0. The third-order valence-corrected chi connectivity index (χ3v) is 5.14. The van der Waals surface area contributed by atoms with Gasteiger partial charge in [0.1, 0.15) is 0 Å². The fraction of sp³-hybridized carbons (Fsp3) is 0.450. The summed E-state index contributed by atoms with van der Waals surface area (Å²) in [7, 11) is 0. The van der Waals surface area contributed by atoms with Crippen LogP contribution in [0.25, 0.3) is 0 Å².